The van der Waals surface area contributed by atoms with Crippen LogP contribution in [-0.4, -0.2) is 20.7 Å². The molecule has 0 radical (unpaired) electrons. The predicted molar refractivity (Wildman–Crippen MR) is 96.2 cm³/mol. The molecule has 8 heteroatoms. The van der Waals surface area contributed by atoms with E-state index in [1.165, 1.54) is 4.68 Å². The van der Waals surface area contributed by atoms with Crippen LogP contribution < -0.4 is 10.1 Å². The maximum Gasteiger partial charge on any atom is 0.277 e. The Labute approximate surface area is 154 Å². The zero-order valence-corrected chi connectivity index (χ0v) is 14.8. The van der Waals surface area contributed by atoms with Gasteiger partial charge >= 0.3 is 0 Å². The first-order valence-corrected chi connectivity index (χ1v) is 8.13. The first-order chi connectivity index (χ1) is 12.0. The number of nitrogens with one attached hydrogen (secondary N) is 1. The second kappa shape index (κ2) is 7.55. The summed E-state index contributed by atoms with van der Waals surface area (Å²) in [6, 6.07) is 10.3. The molecule has 0 atom stereocenters. The highest BCUT2D eigenvalue weighted by molar-refractivity contribution is 6.37. The summed E-state index contributed by atoms with van der Waals surface area (Å²) in [5.74, 6) is 0.478. The normalized spacial score (nSPS) is 10.5. The van der Waals surface area contributed by atoms with Crippen LogP contribution in [0.2, 0.25) is 10.0 Å². The van der Waals surface area contributed by atoms with Crippen LogP contribution in [0.25, 0.3) is 0 Å². The first kappa shape index (κ1) is 17.3. The lowest BCUT2D eigenvalue weighted by atomic mass is 10.3. The molecule has 0 aliphatic carbocycles. The number of aryl methyl sites for hydroxylation is 1. The van der Waals surface area contributed by atoms with E-state index in [1.807, 2.05) is 13.0 Å². The van der Waals surface area contributed by atoms with Crippen molar-refractivity contribution in [3.8, 4) is 5.75 Å². The molecule has 0 bridgehead atoms. The zero-order chi connectivity index (χ0) is 17.8. The Hall–Kier alpha value is -2.57. The number of halogens is 2. The molecule has 0 aliphatic heterocycles. The summed E-state index contributed by atoms with van der Waals surface area (Å²) in [4.78, 5) is 16.3. The lowest BCUT2D eigenvalue weighted by Gasteiger charge is -2.09. The molecule has 0 spiro atoms. The Morgan fingerprint density at radius 3 is 2.64 bits per heavy atom. The van der Waals surface area contributed by atoms with Crippen LogP contribution in [0, 0.1) is 6.92 Å². The van der Waals surface area contributed by atoms with Crippen molar-refractivity contribution in [3.63, 3.8) is 0 Å². The van der Waals surface area contributed by atoms with Gasteiger partial charge in [-0.1, -0.05) is 35.3 Å². The van der Waals surface area contributed by atoms with Crippen molar-refractivity contribution < 1.29 is 9.53 Å². The monoisotopic (exact) mass is 376 g/mol. The summed E-state index contributed by atoms with van der Waals surface area (Å²) >= 11 is 12.1. The summed E-state index contributed by atoms with van der Waals surface area (Å²) in [5.41, 5.74) is 1.26. The number of carbonyl (C=O) groups excluding carboxylic acids is 1. The van der Waals surface area contributed by atoms with Crippen LogP contribution in [0.1, 0.15) is 16.1 Å². The summed E-state index contributed by atoms with van der Waals surface area (Å²) in [6.45, 7) is 1.99. The summed E-state index contributed by atoms with van der Waals surface area (Å²) in [5, 5.41) is 7.66. The minimum absolute atomic E-state index is 0.0690. The lowest BCUT2D eigenvalue weighted by Crippen LogP contribution is -2.15. The van der Waals surface area contributed by atoms with Gasteiger partial charge in [-0.05, 0) is 36.8 Å². The van der Waals surface area contributed by atoms with Gasteiger partial charge < -0.3 is 10.1 Å². The summed E-state index contributed by atoms with van der Waals surface area (Å²) in [6.07, 6.45) is 3.30. The minimum Gasteiger partial charge on any atom is -0.468 e. The number of nitrogens with zero attached hydrogens (tertiary/aromatic N) is 3. The standard InChI is InChI=1S/C17H14Cl2N4O2/c1-11-5-6-15(20-9-11)21-17(24)14-7-8-23(22-14)10-25-16-12(18)3-2-4-13(16)19/h2-9H,10H2,1H3,(H,20,21,24). The number of hydrogen-bond donors (Lipinski definition) is 1. The van der Waals surface area contributed by atoms with Crippen LogP contribution >= 0.6 is 23.2 Å². The smallest absolute Gasteiger partial charge is 0.277 e. The molecule has 3 rings (SSSR count). The number of rotatable bonds is 5. The first-order valence-electron chi connectivity index (χ1n) is 7.37. The highest BCUT2D eigenvalue weighted by Gasteiger charge is 2.12. The van der Waals surface area contributed by atoms with Crippen LogP contribution in [0.5, 0.6) is 5.75 Å². The molecule has 0 aliphatic rings. The zero-order valence-electron chi connectivity index (χ0n) is 13.2. The van der Waals surface area contributed by atoms with Crippen molar-refractivity contribution in [2.75, 3.05) is 5.32 Å². The topological polar surface area (TPSA) is 69.0 Å². The van der Waals surface area contributed by atoms with Gasteiger partial charge in [0.1, 0.15) is 5.82 Å². The lowest BCUT2D eigenvalue weighted by molar-refractivity contribution is 0.102. The fourth-order valence-electron chi connectivity index (χ4n) is 2.03. The Bertz CT molecular complexity index is 874. The molecule has 1 amide bonds. The fourth-order valence-corrected chi connectivity index (χ4v) is 2.53. The Kier molecular flexibility index (Phi) is 5.21. The molecule has 3 aromatic rings. The van der Waals surface area contributed by atoms with Crippen LogP contribution in [0.3, 0.4) is 0 Å². The van der Waals surface area contributed by atoms with Crippen molar-refractivity contribution in [1.29, 1.82) is 0 Å². The molecule has 1 N–H and O–H groups in total. The second-order valence-electron chi connectivity index (χ2n) is 5.24. The molecule has 0 saturated heterocycles. The number of para-hydroxylation sites is 1. The van der Waals surface area contributed by atoms with Gasteiger partial charge in [0.2, 0.25) is 0 Å². The summed E-state index contributed by atoms with van der Waals surface area (Å²) < 4.78 is 7.04. The van der Waals surface area contributed by atoms with Crippen molar-refractivity contribution in [2.45, 2.75) is 13.7 Å². The number of amides is 1. The van der Waals surface area contributed by atoms with Gasteiger partial charge in [-0.25, -0.2) is 9.67 Å². The van der Waals surface area contributed by atoms with E-state index in [0.717, 1.165) is 5.56 Å². The maximum atomic E-state index is 12.2. The van der Waals surface area contributed by atoms with Crippen LogP contribution in [0.4, 0.5) is 5.82 Å². The molecule has 6 nitrogen and oxygen atoms in total. The molecule has 128 valence electrons. The van der Waals surface area contributed by atoms with E-state index in [0.29, 0.717) is 21.6 Å². The predicted octanol–water partition coefficient (Wildman–Crippen LogP) is 4.18. The Morgan fingerprint density at radius 2 is 1.96 bits per heavy atom. The number of anilines is 1. The van der Waals surface area contributed by atoms with E-state index in [4.69, 9.17) is 27.9 Å². The largest absolute Gasteiger partial charge is 0.468 e. The van der Waals surface area contributed by atoms with Gasteiger partial charge in [0.15, 0.2) is 18.2 Å². The van der Waals surface area contributed by atoms with Crippen molar-refractivity contribution >= 4 is 34.9 Å². The van der Waals surface area contributed by atoms with Crippen molar-refractivity contribution in [2.24, 2.45) is 0 Å². The van der Waals surface area contributed by atoms with Gasteiger partial charge in [-0.2, -0.15) is 5.10 Å². The highest BCUT2D eigenvalue weighted by Crippen LogP contribution is 2.32. The number of carbonyl (C=O) groups is 1. The van der Waals surface area contributed by atoms with Crippen LogP contribution in [-0.2, 0) is 6.73 Å². The molecular formula is C17H14Cl2N4O2. The Balaban J connectivity index is 1.64. The molecule has 0 unspecified atom stereocenters. The van der Waals surface area contributed by atoms with E-state index >= 15 is 0 Å². The Morgan fingerprint density at radius 1 is 1.20 bits per heavy atom. The average molecular weight is 377 g/mol. The SMILES string of the molecule is Cc1ccc(NC(=O)c2ccn(COc3c(Cl)cccc3Cl)n2)nc1. The van der Waals surface area contributed by atoms with Crippen LogP contribution in [0.15, 0.2) is 48.8 Å². The summed E-state index contributed by atoms with van der Waals surface area (Å²) in [7, 11) is 0. The molecule has 25 heavy (non-hydrogen) atoms. The highest BCUT2D eigenvalue weighted by atomic mass is 35.5. The molecule has 2 aromatic heterocycles. The number of aromatic nitrogens is 3. The third kappa shape index (κ3) is 4.29. The third-order valence-corrected chi connectivity index (χ3v) is 3.88. The molecule has 1 aromatic carbocycles. The molecular weight excluding hydrogens is 363 g/mol. The van der Waals surface area contributed by atoms with E-state index < -0.39 is 0 Å². The number of benzene rings is 1. The van der Waals surface area contributed by atoms with Gasteiger partial charge in [-0.3, -0.25) is 4.79 Å². The molecule has 0 saturated carbocycles. The van der Waals surface area contributed by atoms with Gasteiger partial charge in [-0.15, -0.1) is 0 Å². The third-order valence-electron chi connectivity index (χ3n) is 3.29. The van der Waals surface area contributed by atoms with Crippen molar-refractivity contribution in [1.82, 2.24) is 14.8 Å². The molecule has 2 heterocycles. The number of ether oxygens (including phenoxy) is 1. The average Bonchev–Trinajstić information content (AvgIpc) is 3.06. The van der Waals surface area contributed by atoms with E-state index in [-0.39, 0.29) is 18.3 Å². The van der Waals surface area contributed by atoms with Gasteiger partial charge in [0.05, 0.1) is 10.0 Å². The van der Waals surface area contributed by atoms with E-state index in [2.05, 4.69) is 15.4 Å². The van der Waals surface area contributed by atoms with E-state index in [1.54, 1.807) is 42.7 Å². The van der Waals surface area contributed by atoms with Gasteiger partial charge in [0.25, 0.3) is 5.91 Å². The van der Waals surface area contributed by atoms with E-state index in [9.17, 15) is 4.79 Å². The second-order valence-corrected chi connectivity index (χ2v) is 6.05. The fraction of sp³-hybridized carbons (Fsp3) is 0.118. The van der Waals surface area contributed by atoms with Crippen molar-refractivity contribution in [3.05, 3.63) is 70.1 Å². The minimum atomic E-state index is -0.356. The number of hydrogen-bond acceptors (Lipinski definition) is 4. The number of pyridine rings is 1. The molecule has 0 fully saturated rings. The van der Waals surface area contributed by atoms with Gasteiger partial charge in [0, 0.05) is 12.4 Å². The maximum absolute atomic E-state index is 12.2. The quantitative estimate of drug-likeness (QED) is 0.724.